The van der Waals surface area contributed by atoms with E-state index >= 15 is 0 Å². The number of carbonyl (C=O) groups is 1. The summed E-state index contributed by atoms with van der Waals surface area (Å²) in [6, 6.07) is 0. The molecule has 1 atom stereocenters. The highest BCUT2D eigenvalue weighted by Crippen LogP contribution is 2.26. The average Bonchev–Trinajstić information content (AvgIpc) is 2.08. The molecule has 0 amide bonds. The van der Waals surface area contributed by atoms with Crippen LogP contribution in [0.1, 0.15) is 32.6 Å². The van der Waals surface area contributed by atoms with E-state index in [2.05, 4.69) is 19.4 Å². The van der Waals surface area contributed by atoms with Gasteiger partial charge in [0.15, 0.2) is 0 Å². The van der Waals surface area contributed by atoms with Crippen LogP contribution in [0.15, 0.2) is 12.2 Å². The van der Waals surface area contributed by atoms with Crippen molar-refractivity contribution in [2.24, 2.45) is 5.92 Å². The van der Waals surface area contributed by atoms with Crippen molar-refractivity contribution < 1.29 is 4.79 Å². The average molecular weight is 164 g/mol. The molecule has 0 N–H and O–H groups in total. The first kappa shape index (κ1) is 11.0. The molecule has 0 radical (unpaired) electrons. The number of terminal acetylenes is 1. The molecule has 0 aromatic carbocycles. The predicted molar refractivity (Wildman–Crippen MR) is 51.7 cm³/mol. The number of hydrogen-bond donors (Lipinski definition) is 0. The van der Waals surface area contributed by atoms with Crippen LogP contribution in [0.5, 0.6) is 0 Å². The van der Waals surface area contributed by atoms with Crippen molar-refractivity contribution >= 4 is 5.78 Å². The largest absolute Gasteiger partial charge is 0.300 e. The molecule has 0 spiro atoms. The molecule has 1 aliphatic carbocycles. The summed E-state index contributed by atoms with van der Waals surface area (Å²) in [5.41, 5.74) is 1.17. The number of carbonyl (C=O) groups excluding carboxylic acids is 1. The maximum atomic E-state index is 10.9. The van der Waals surface area contributed by atoms with Gasteiger partial charge in [-0.2, -0.15) is 0 Å². The minimum Gasteiger partial charge on any atom is -0.300 e. The lowest BCUT2D eigenvalue weighted by molar-refractivity contribution is -0.121. The zero-order chi connectivity index (χ0) is 9.56. The third-order valence-corrected chi connectivity index (χ3v) is 2.18. The Balaban J connectivity index is 0.000000561. The summed E-state index contributed by atoms with van der Waals surface area (Å²) < 4.78 is 0. The van der Waals surface area contributed by atoms with Crippen LogP contribution in [0.2, 0.25) is 0 Å². The molecule has 1 aliphatic rings. The maximum Gasteiger partial charge on any atom is 0.133 e. The van der Waals surface area contributed by atoms with Gasteiger partial charge >= 0.3 is 0 Å². The Hall–Kier alpha value is -1.03. The summed E-state index contributed by atoms with van der Waals surface area (Å²) in [6.07, 6.45) is 11.8. The molecule has 0 heterocycles. The number of ketones is 1. The highest BCUT2D eigenvalue weighted by molar-refractivity contribution is 5.79. The number of hydrogen-bond acceptors (Lipinski definition) is 1. The Bertz CT molecular complexity index is 186. The lowest BCUT2D eigenvalue weighted by Gasteiger charge is -2.20. The zero-order valence-electron chi connectivity index (χ0n) is 7.68. The van der Waals surface area contributed by atoms with Gasteiger partial charge < -0.3 is 0 Å². The van der Waals surface area contributed by atoms with Crippen molar-refractivity contribution in [2.75, 3.05) is 0 Å². The maximum absolute atomic E-state index is 10.9. The number of Topliss-reactive ketones (excluding diaryl/α,β-unsaturated/α-hetero) is 1. The summed E-state index contributed by atoms with van der Waals surface area (Å²) in [7, 11) is 0. The molecule has 0 aliphatic heterocycles. The summed E-state index contributed by atoms with van der Waals surface area (Å²) in [6.45, 7) is 5.88. The van der Waals surface area contributed by atoms with E-state index in [0.717, 1.165) is 19.3 Å². The topological polar surface area (TPSA) is 17.1 Å². The standard InChI is InChI=1S/C9H14O.C2H2/c1-7(2)8-4-3-5-9(10)6-8;1-2/h8H,1,3-6H2,2H3;1-2H/t8-;/m0./s1. The lowest BCUT2D eigenvalue weighted by Crippen LogP contribution is -2.15. The summed E-state index contributed by atoms with van der Waals surface area (Å²) in [5, 5.41) is 0. The SMILES string of the molecule is C#C.C=C(C)[C@H]1CCCC(=O)C1. The Morgan fingerprint density at radius 2 is 2.17 bits per heavy atom. The normalized spacial score (nSPS) is 22.2. The van der Waals surface area contributed by atoms with Crippen molar-refractivity contribution in [3.05, 3.63) is 12.2 Å². The first-order valence-corrected chi connectivity index (χ1v) is 4.20. The minimum absolute atomic E-state index is 0.416. The molecule has 1 rings (SSSR count). The van der Waals surface area contributed by atoms with Gasteiger partial charge in [0.2, 0.25) is 0 Å². The molecule has 1 heteroatoms. The second-order valence-corrected chi connectivity index (χ2v) is 3.18. The van der Waals surface area contributed by atoms with Crippen LogP contribution in [0.25, 0.3) is 0 Å². The summed E-state index contributed by atoms with van der Waals surface area (Å²) in [4.78, 5) is 10.9. The summed E-state index contributed by atoms with van der Waals surface area (Å²) >= 11 is 0. The van der Waals surface area contributed by atoms with Crippen LogP contribution in [0, 0.1) is 18.8 Å². The van der Waals surface area contributed by atoms with E-state index in [4.69, 9.17) is 0 Å². The second kappa shape index (κ2) is 5.60. The molecular weight excluding hydrogens is 148 g/mol. The number of allylic oxidation sites excluding steroid dienone is 1. The van der Waals surface area contributed by atoms with Crippen LogP contribution < -0.4 is 0 Å². The van der Waals surface area contributed by atoms with Crippen molar-refractivity contribution in [1.29, 1.82) is 0 Å². The third-order valence-electron chi connectivity index (χ3n) is 2.18. The van der Waals surface area contributed by atoms with E-state index in [9.17, 15) is 4.79 Å². The van der Waals surface area contributed by atoms with Crippen LogP contribution in [-0.4, -0.2) is 5.78 Å². The van der Waals surface area contributed by atoms with E-state index < -0.39 is 0 Å². The van der Waals surface area contributed by atoms with Crippen molar-refractivity contribution in [3.63, 3.8) is 0 Å². The zero-order valence-corrected chi connectivity index (χ0v) is 7.68. The van der Waals surface area contributed by atoms with E-state index in [0.29, 0.717) is 11.7 Å². The molecule has 1 nitrogen and oxygen atoms in total. The lowest BCUT2D eigenvalue weighted by atomic mass is 9.84. The van der Waals surface area contributed by atoms with Crippen LogP contribution in [0.4, 0.5) is 0 Å². The van der Waals surface area contributed by atoms with Crippen LogP contribution in [-0.2, 0) is 4.79 Å². The fourth-order valence-electron chi connectivity index (χ4n) is 1.45. The van der Waals surface area contributed by atoms with Gasteiger partial charge in [0.05, 0.1) is 0 Å². The second-order valence-electron chi connectivity index (χ2n) is 3.18. The van der Waals surface area contributed by atoms with Crippen molar-refractivity contribution in [2.45, 2.75) is 32.6 Å². The Morgan fingerprint density at radius 1 is 1.58 bits per heavy atom. The van der Waals surface area contributed by atoms with Crippen molar-refractivity contribution in [3.8, 4) is 12.8 Å². The fourth-order valence-corrected chi connectivity index (χ4v) is 1.45. The van der Waals surface area contributed by atoms with Gasteiger partial charge in [-0.15, -0.1) is 12.8 Å². The van der Waals surface area contributed by atoms with E-state index in [-0.39, 0.29) is 0 Å². The number of rotatable bonds is 1. The molecule has 0 aromatic rings. The van der Waals surface area contributed by atoms with E-state index in [1.54, 1.807) is 0 Å². The quantitative estimate of drug-likeness (QED) is 0.430. The van der Waals surface area contributed by atoms with Crippen molar-refractivity contribution in [1.82, 2.24) is 0 Å². The highest BCUT2D eigenvalue weighted by Gasteiger charge is 2.19. The van der Waals surface area contributed by atoms with Gasteiger partial charge in [0.1, 0.15) is 5.78 Å². The first-order chi connectivity index (χ1) is 5.70. The molecule has 0 bridgehead atoms. The minimum atomic E-state index is 0.416. The molecule has 0 aromatic heterocycles. The molecule has 12 heavy (non-hydrogen) atoms. The fraction of sp³-hybridized carbons (Fsp3) is 0.545. The molecule has 0 unspecified atom stereocenters. The molecule has 1 saturated carbocycles. The predicted octanol–water partition coefficient (Wildman–Crippen LogP) is 2.57. The van der Waals surface area contributed by atoms with E-state index in [1.165, 1.54) is 12.0 Å². The smallest absolute Gasteiger partial charge is 0.133 e. The first-order valence-electron chi connectivity index (χ1n) is 4.20. The Morgan fingerprint density at radius 3 is 2.50 bits per heavy atom. The third kappa shape index (κ3) is 3.39. The molecule has 66 valence electrons. The monoisotopic (exact) mass is 164 g/mol. The summed E-state index contributed by atoms with van der Waals surface area (Å²) in [5.74, 6) is 0.903. The van der Waals surface area contributed by atoms with Gasteiger partial charge in [0.25, 0.3) is 0 Å². The van der Waals surface area contributed by atoms with Gasteiger partial charge in [-0.1, -0.05) is 12.2 Å². The Kier molecular flexibility index (Phi) is 5.12. The highest BCUT2D eigenvalue weighted by atomic mass is 16.1. The van der Waals surface area contributed by atoms with Gasteiger partial charge in [0, 0.05) is 12.8 Å². The Labute approximate surface area is 74.9 Å². The van der Waals surface area contributed by atoms with Gasteiger partial charge in [-0.05, 0) is 25.7 Å². The van der Waals surface area contributed by atoms with E-state index in [1.807, 2.05) is 6.92 Å². The van der Waals surface area contributed by atoms with Crippen LogP contribution >= 0.6 is 0 Å². The van der Waals surface area contributed by atoms with Gasteiger partial charge in [-0.25, -0.2) is 0 Å². The van der Waals surface area contributed by atoms with Gasteiger partial charge in [-0.3, -0.25) is 4.79 Å². The van der Waals surface area contributed by atoms with Crippen LogP contribution in [0.3, 0.4) is 0 Å². The molecule has 0 saturated heterocycles. The molecular formula is C11H16O. The molecule has 1 fully saturated rings.